The van der Waals surface area contributed by atoms with E-state index in [-0.39, 0.29) is 0 Å². The minimum atomic E-state index is 0.459. The highest BCUT2D eigenvalue weighted by Gasteiger charge is 1.95. The van der Waals surface area contributed by atoms with Crippen LogP contribution in [-0.4, -0.2) is 11.2 Å². The van der Waals surface area contributed by atoms with Gasteiger partial charge in [0.2, 0.25) is 0 Å². The molecule has 0 aliphatic rings. The van der Waals surface area contributed by atoms with Gasteiger partial charge in [-0.1, -0.05) is 24.4 Å². The van der Waals surface area contributed by atoms with Gasteiger partial charge in [0.25, 0.3) is 0 Å². The number of hydrogen-bond acceptors (Lipinski definition) is 2. The summed E-state index contributed by atoms with van der Waals surface area (Å²) in [5.74, 6) is 0. The summed E-state index contributed by atoms with van der Waals surface area (Å²) in [6.07, 6.45) is 2.03. The lowest BCUT2D eigenvalue weighted by molar-refractivity contribution is 1.44. The lowest BCUT2D eigenvalue weighted by Crippen LogP contribution is -2.08. The normalized spacial score (nSPS) is 9.55. The molecular formula is C8H9NS2. The van der Waals surface area contributed by atoms with E-state index in [9.17, 15) is 0 Å². The average molecular weight is 183 g/mol. The Morgan fingerprint density at radius 1 is 1.55 bits per heavy atom. The fourth-order valence-electron chi connectivity index (χ4n) is 0.776. The van der Waals surface area contributed by atoms with Crippen LogP contribution >= 0.6 is 24.0 Å². The second kappa shape index (κ2) is 3.74. The monoisotopic (exact) mass is 183 g/mol. The van der Waals surface area contributed by atoms with Gasteiger partial charge in [-0.2, -0.15) is 0 Å². The first-order valence-corrected chi connectivity index (χ1v) is 4.81. The van der Waals surface area contributed by atoms with Gasteiger partial charge in [-0.3, -0.25) is 0 Å². The predicted molar refractivity (Wildman–Crippen MR) is 54.1 cm³/mol. The van der Waals surface area contributed by atoms with Crippen LogP contribution in [0.5, 0.6) is 0 Å². The molecule has 0 atom stereocenters. The van der Waals surface area contributed by atoms with Gasteiger partial charge in [0.1, 0.15) is 4.99 Å². The first-order chi connectivity index (χ1) is 5.24. The van der Waals surface area contributed by atoms with Crippen molar-refractivity contribution < 1.29 is 0 Å². The molecule has 58 valence electrons. The van der Waals surface area contributed by atoms with Crippen molar-refractivity contribution in [3.05, 3.63) is 29.8 Å². The summed E-state index contributed by atoms with van der Waals surface area (Å²) in [5, 5.41) is 0. The van der Waals surface area contributed by atoms with E-state index in [1.54, 1.807) is 11.8 Å². The third-order valence-corrected chi connectivity index (χ3v) is 2.32. The Hall–Kier alpha value is -0.540. The average Bonchev–Trinajstić information content (AvgIpc) is 2.05. The van der Waals surface area contributed by atoms with Crippen LogP contribution in [0.25, 0.3) is 0 Å². The Morgan fingerprint density at radius 2 is 2.27 bits per heavy atom. The van der Waals surface area contributed by atoms with Crippen molar-refractivity contribution in [1.29, 1.82) is 0 Å². The van der Waals surface area contributed by atoms with Gasteiger partial charge < -0.3 is 5.73 Å². The maximum absolute atomic E-state index is 5.46. The van der Waals surface area contributed by atoms with Crippen LogP contribution in [0.1, 0.15) is 5.56 Å². The second-order valence-corrected chi connectivity index (χ2v) is 3.42. The highest BCUT2D eigenvalue weighted by Crippen LogP contribution is 2.15. The molecule has 2 N–H and O–H groups in total. The largest absolute Gasteiger partial charge is 0.389 e. The third-order valence-electron chi connectivity index (χ3n) is 1.35. The minimum absolute atomic E-state index is 0.459. The van der Waals surface area contributed by atoms with Crippen molar-refractivity contribution in [1.82, 2.24) is 0 Å². The molecule has 1 aromatic carbocycles. The first kappa shape index (κ1) is 8.56. The minimum Gasteiger partial charge on any atom is -0.389 e. The van der Waals surface area contributed by atoms with Gasteiger partial charge in [0.15, 0.2) is 0 Å². The molecule has 0 radical (unpaired) electrons. The summed E-state index contributed by atoms with van der Waals surface area (Å²) in [5.41, 5.74) is 6.40. The molecule has 11 heavy (non-hydrogen) atoms. The Bertz CT molecular complexity index is 271. The molecule has 1 rings (SSSR count). The van der Waals surface area contributed by atoms with Gasteiger partial charge >= 0.3 is 0 Å². The Kier molecular flexibility index (Phi) is 2.91. The smallest absolute Gasteiger partial charge is 0.104 e. The number of rotatable bonds is 2. The van der Waals surface area contributed by atoms with Crippen molar-refractivity contribution in [3.8, 4) is 0 Å². The standard InChI is InChI=1S/C8H9NS2/c1-11-7-4-2-3-6(5-7)8(9)10/h2-5H,1H3,(H2,9,10). The lowest BCUT2D eigenvalue weighted by Gasteiger charge is -1.99. The van der Waals surface area contributed by atoms with Crippen LogP contribution in [0.2, 0.25) is 0 Å². The maximum Gasteiger partial charge on any atom is 0.104 e. The SMILES string of the molecule is CSc1cccc(C(N)=S)c1. The molecule has 0 saturated carbocycles. The van der Waals surface area contributed by atoms with E-state index in [0.717, 1.165) is 5.56 Å². The zero-order valence-corrected chi connectivity index (χ0v) is 7.84. The molecule has 0 spiro atoms. The molecule has 0 aliphatic carbocycles. The predicted octanol–water partition coefficient (Wildman–Crippen LogP) is 2.04. The van der Waals surface area contributed by atoms with Gasteiger partial charge in [0.05, 0.1) is 0 Å². The fourth-order valence-corrected chi connectivity index (χ4v) is 1.36. The van der Waals surface area contributed by atoms with E-state index < -0.39 is 0 Å². The van der Waals surface area contributed by atoms with Crippen LogP contribution in [0, 0.1) is 0 Å². The molecule has 0 fully saturated rings. The summed E-state index contributed by atoms with van der Waals surface area (Å²) >= 11 is 6.52. The summed E-state index contributed by atoms with van der Waals surface area (Å²) in [6, 6.07) is 7.90. The Balaban J connectivity index is 3.01. The van der Waals surface area contributed by atoms with E-state index in [2.05, 4.69) is 0 Å². The fraction of sp³-hybridized carbons (Fsp3) is 0.125. The molecule has 0 heterocycles. The molecule has 0 bridgehead atoms. The Labute approximate surface area is 76.0 Å². The van der Waals surface area contributed by atoms with Gasteiger partial charge in [-0.15, -0.1) is 11.8 Å². The topological polar surface area (TPSA) is 26.0 Å². The molecule has 0 aromatic heterocycles. The number of benzene rings is 1. The molecule has 3 heteroatoms. The maximum atomic E-state index is 5.46. The summed E-state index contributed by atoms with van der Waals surface area (Å²) < 4.78 is 0. The van der Waals surface area contributed by atoms with Crippen LogP contribution in [0.3, 0.4) is 0 Å². The summed E-state index contributed by atoms with van der Waals surface area (Å²) in [4.78, 5) is 1.65. The van der Waals surface area contributed by atoms with Crippen molar-refractivity contribution >= 4 is 29.0 Å². The zero-order valence-electron chi connectivity index (χ0n) is 6.20. The number of nitrogens with two attached hydrogens (primary N) is 1. The highest BCUT2D eigenvalue weighted by atomic mass is 32.2. The first-order valence-electron chi connectivity index (χ1n) is 3.18. The molecule has 0 aliphatic heterocycles. The van der Waals surface area contributed by atoms with Crippen LogP contribution in [0.15, 0.2) is 29.2 Å². The summed E-state index contributed by atoms with van der Waals surface area (Å²) in [6.45, 7) is 0. The van der Waals surface area contributed by atoms with E-state index in [1.165, 1.54) is 4.90 Å². The van der Waals surface area contributed by atoms with Gasteiger partial charge in [-0.05, 0) is 18.4 Å². The lowest BCUT2D eigenvalue weighted by atomic mass is 10.2. The molecule has 0 unspecified atom stereocenters. The van der Waals surface area contributed by atoms with Crippen molar-refractivity contribution in [2.45, 2.75) is 4.90 Å². The zero-order chi connectivity index (χ0) is 8.27. The molecular weight excluding hydrogens is 174 g/mol. The van der Waals surface area contributed by atoms with Crippen LogP contribution < -0.4 is 5.73 Å². The molecule has 0 amide bonds. The quantitative estimate of drug-likeness (QED) is 0.561. The van der Waals surface area contributed by atoms with Crippen molar-refractivity contribution in [3.63, 3.8) is 0 Å². The van der Waals surface area contributed by atoms with E-state index in [4.69, 9.17) is 18.0 Å². The van der Waals surface area contributed by atoms with Gasteiger partial charge in [0, 0.05) is 10.5 Å². The molecule has 1 nitrogen and oxygen atoms in total. The van der Waals surface area contributed by atoms with Crippen molar-refractivity contribution in [2.24, 2.45) is 5.73 Å². The number of thiocarbonyl (C=S) groups is 1. The van der Waals surface area contributed by atoms with E-state index >= 15 is 0 Å². The van der Waals surface area contributed by atoms with Crippen LogP contribution in [-0.2, 0) is 0 Å². The summed E-state index contributed by atoms with van der Waals surface area (Å²) in [7, 11) is 0. The van der Waals surface area contributed by atoms with Crippen LogP contribution in [0.4, 0.5) is 0 Å². The second-order valence-electron chi connectivity index (χ2n) is 2.10. The third kappa shape index (κ3) is 2.20. The number of hydrogen-bond donors (Lipinski definition) is 1. The molecule has 0 saturated heterocycles. The Morgan fingerprint density at radius 3 is 2.82 bits per heavy atom. The van der Waals surface area contributed by atoms with Crippen molar-refractivity contribution in [2.75, 3.05) is 6.26 Å². The number of thioether (sulfide) groups is 1. The van der Waals surface area contributed by atoms with E-state index in [1.807, 2.05) is 30.5 Å². The van der Waals surface area contributed by atoms with Gasteiger partial charge in [-0.25, -0.2) is 0 Å². The van der Waals surface area contributed by atoms with E-state index in [0.29, 0.717) is 4.99 Å². The molecule has 1 aromatic rings. The highest BCUT2D eigenvalue weighted by molar-refractivity contribution is 7.98.